The summed E-state index contributed by atoms with van der Waals surface area (Å²) in [4.78, 5) is 28.3. The van der Waals surface area contributed by atoms with Crippen LogP contribution in [0.1, 0.15) is 12.0 Å². The third kappa shape index (κ3) is 2.57. The number of benzene rings is 1. The Balaban J connectivity index is 2.38. The minimum absolute atomic E-state index is 0.0402. The Morgan fingerprint density at radius 2 is 2.29 bits per heavy atom. The standard InChI is InChI=1S/C12H10N2O3/c15-11(16)3-1-2-8-4-5-10-9(6-8)12(17)14-7-13-10/h1-2,4-7H,3H2,(H,15,16)(H,13,14,17). The van der Waals surface area contributed by atoms with Crippen LogP contribution in [0.25, 0.3) is 17.0 Å². The van der Waals surface area contributed by atoms with E-state index in [0.29, 0.717) is 10.9 Å². The average molecular weight is 230 g/mol. The molecule has 1 heterocycles. The molecule has 17 heavy (non-hydrogen) atoms. The topological polar surface area (TPSA) is 83.0 Å². The lowest BCUT2D eigenvalue weighted by atomic mass is 10.1. The highest BCUT2D eigenvalue weighted by Gasteiger charge is 1.99. The Morgan fingerprint density at radius 1 is 1.47 bits per heavy atom. The van der Waals surface area contributed by atoms with Crippen LogP contribution in [0.3, 0.4) is 0 Å². The number of carboxylic acid groups (broad SMARTS) is 1. The van der Waals surface area contributed by atoms with Crippen molar-refractivity contribution < 1.29 is 9.90 Å². The maximum atomic E-state index is 11.5. The van der Waals surface area contributed by atoms with E-state index < -0.39 is 5.97 Å². The molecule has 2 aromatic rings. The van der Waals surface area contributed by atoms with Crippen LogP contribution < -0.4 is 5.56 Å². The van der Waals surface area contributed by atoms with Crippen LogP contribution in [-0.2, 0) is 4.79 Å². The number of H-pyrrole nitrogens is 1. The van der Waals surface area contributed by atoms with Crippen molar-refractivity contribution >= 4 is 22.9 Å². The monoisotopic (exact) mass is 230 g/mol. The summed E-state index contributed by atoms with van der Waals surface area (Å²) < 4.78 is 0. The van der Waals surface area contributed by atoms with Crippen molar-refractivity contribution in [3.63, 3.8) is 0 Å². The molecule has 0 saturated heterocycles. The smallest absolute Gasteiger partial charge is 0.307 e. The van der Waals surface area contributed by atoms with Gasteiger partial charge in [0.05, 0.1) is 23.7 Å². The molecule has 5 heteroatoms. The first-order valence-electron chi connectivity index (χ1n) is 5.02. The number of carbonyl (C=O) groups is 1. The lowest BCUT2D eigenvalue weighted by Gasteiger charge is -1.97. The van der Waals surface area contributed by atoms with Gasteiger partial charge < -0.3 is 10.1 Å². The van der Waals surface area contributed by atoms with Gasteiger partial charge in [-0.2, -0.15) is 0 Å². The summed E-state index contributed by atoms with van der Waals surface area (Å²) in [5, 5.41) is 8.98. The summed E-state index contributed by atoms with van der Waals surface area (Å²) in [6.45, 7) is 0. The molecule has 0 fully saturated rings. The number of hydrogen-bond acceptors (Lipinski definition) is 3. The minimum Gasteiger partial charge on any atom is -0.481 e. The Morgan fingerprint density at radius 3 is 3.06 bits per heavy atom. The van der Waals surface area contributed by atoms with Gasteiger partial charge in [-0.15, -0.1) is 0 Å². The third-order valence-corrected chi connectivity index (χ3v) is 2.27. The first-order chi connectivity index (χ1) is 8.16. The summed E-state index contributed by atoms with van der Waals surface area (Å²) in [5.41, 5.74) is 1.19. The van der Waals surface area contributed by atoms with Crippen LogP contribution in [0.15, 0.2) is 35.4 Å². The Bertz CT molecular complexity index is 643. The first kappa shape index (κ1) is 11.1. The van der Waals surface area contributed by atoms with Crippen molar-refractivity contribution in [3.8, 4) is 0 Å². The minimum atomic E-state index is -0.887. The number of aromatic amines is 1. The van der Waals surface area contributed by atoms with E-state index >= 15 is 0 Å². The van der Waals surface area contributed by atoms with Crippen LogP contribution in [0.5, 0.6) is 0 Å². The highest BCUT2D eigenvalue weighted by atomic mass is 16.4. The Hall–Kier alpha value is -2.43. The Labute approximate surface area is 96.4 Å². The summed E-state index contributed by atoms with van der Waals surface area (Å²) >= 11 is 0. The molecule has 0 atom stereocenters. The quantitative estimate of drug-likeness (QED) is 0.835. The summed E-state index contributed by atoms with van der Waals surface area (Å²) in [5.74, 6) is -0.887. The SMILES string of the molecule is O=C(O)CC=Cc1ccc2nc[nH]c(=O)c2c1. The number of nitrogens with one attached hydrogen (secondary N) is 1. The fourth-order valence-electron chi connectivity index (χ4n) is 1.49. The molecule has 0 aliphatic heterocycles. The molecule has 0 bridgehead atoms. The van der Waals surface area contributed by atoms with Crippen molar-refractivity contribution in [3.05, 3.63) is 46.5 Å². The molecular weight excluding hydrogens is 220 g/mol. The summed E-state index contributed by atoms with van der Waals surface area (Å²) in [7, 11) is 0. The van der Waals surface area contributed by atoms with Crippen LogP contribution in [0, 0.1) is 0 Å². The number of hydrogen-bond donors (Lipinski definition) is 2. The summed E-state index contributed by atoms with van der Waals surface area (Å²) in [6.07, 6.45) is 4.51. The highest BCUT2D eigenvalue weighted by molar-refractivity contribution is 5.80. The van der Waals surface area contributed by atoms with Crippen molar-refractivity contribution in [2.24, 2.45) is 0 Å². The van der Waals surface area contributed by atoms with Gasteiger partial charge in [0.2, 0.25) is 0 Å². The van der Waals surface area contributed by atoms with E-state index in [9.17, 15) is 9.59 Å². The van der Waals surface area contributed by atoms with Gasteiger partial charge in [-0.05, 0) is 17.7 Å². The van der Waals surface area contributed by atoms with Gasteiger partial charge in [0.25, 0.3) is 5.56 Å². The van der Waals surface area contributed by atoms with Crippen molar-refractivity contribution in [2.75, 3.05) is 0 Å². The van der Waals surface area contributed by atoms with E-state index in [4.69, 9.17) is 5.11 Å². The zero-order valence-electron chi connectivity index (χ0n) is 8.88. The van der Waals surface area contributed by atoms with Crippen LogP contribution in [0.2, 0.25) is 0 Å². The van der Waals surface area contributed by atoms with Gasteiger partial charge in [-0.1, -0.05) is 18.2 Å². The van der Waals surface area contributed by atoms with Crippen molar-refractivity contribution in [1.82, 2.24) is 9.97 Å². The van der Waals surface area contributed by atoms with E-state index in [1.165, 1.54) is 12.4 Å². The third-order valence-electron chi connectivity index (χ3n) is 2.27. The molecule has 0 aliphatic carbocycles. The number of rotatable bonds is 3. The van der Waals surface area contributed by atoms with Gasteiger partial charge in [0, 0.05) is 0 Å². The van der Waals surface area contributed by atoms with Gasteiger partial charge in [-0.25, -0.2) is 4.98 Å². The van der Waals surface area contributed by atoms with Crippen LogP contribution in [0.4, 0.5) is 0 Å². The fraction of sp³-hybridized carbons (Fsp3) is 0.0833. The highest BCUT2D eigenvalue weighted by Crippen LogP contribution is 2.10. The van der Waals surface area contributed by atoms with Gasteiger partial charge in [0.15, 0.2) is 0 Å². The predicted octanol–water partition coefficient (Wildman–Crippen LogP) is 1.41. The molecule has 2 N–H and O–H groups in total. The zero-order valence-corrected chi connectivity index (χ0v) is 8.88. The van der Waals surface area contributed by atoms with Crippen LogP contribution in [-0.4, -0.2) is 21.0 Å². The molecule has 5 nitrogen and oxygen atoms in total. The van der Waals surface area contributed by atoms with Crippen LogP contribution >= 0.6 is 0 Å². The fourth-order valence-corrected chi connectivity index (χ4v) is 1.49. The molecule has 2 rings (SSSR count). The van der Waals surface area contributed by atoms with E-state index in [1.54, 1.807) is 24.3 Å². The molecule has 0 saturated carbocycles. The molecular formula is C12H10N2O3. The first-order valence-corrected chi connectivity index (χ1v) is 5.02. The number of carboxylic acids is 1. The number of aromatic nitrogens is 2. The van der Waals surface area contributed by atoms with E-state index in [0.717, 1.165) is 5.56 Å². The lowest BCUT2D eigenvalue weighted by molar-refractivity contribution is -0.135. The Kier molecular flexibility index (Phi) is 3.00. The second kappa shape index (κ2) is 4.61. The van der Waals surface area contributed by atoms with Gasteiger partial charge in [-0.3, -0.25) is 9.59 Å². The largest absolute Gasteiger partial charge is 0.481 e. The number of nitrogens with zero attached hydrogens (tertiary/aromatic N) is 1. The molecule has 1 aromatic heterocycles. The van der Waals surface area contributed by atoms with E-state index in [-0.39, 0.29) is 12.0 Å². The molecule has 0 spiro atoms. The van der Waals surface area contributed by atoms with Crippen molar-refractivity contribution in [2.45, 2.75) is 6.42 Å². The molecule has 0 radical (unpaired) electrons. The van der Waals surface area contributed by atoms with Gasteiger partial charge in [0.1, 0.15) is 0 Å². The molecule has 1 aromatic carbocycles. The molecule has 0 aliphatic rings. The zero-order chi connectivity index (χ0) is 12.3. The predicted molar refractivity (Wildman–Crippen MR) is 63.7 cm³/mol. The molecule has 0 amide bonds. The summed E-state index contributed by atoms with van der Waals surface area (Å²) in [6, 6.07) is 5.19. The second-order valence-corrected chi connectivity index (χ2v) is 3.51. The van der Waals surface area contributed by atoms with E-state index in [1.807, 2.05) is 0 Å². The normalized spacial score (nSPS) is 11.1. The maximum absolute atomic E-state index is 11.5. The average Bonchev–Trinajstić information content (AvgIpc) is 2.30. The number of aliphatic carboxylic acids is 1. The second-order valence-electron chi connectivity index (χ2n) is 3.51. The van der Waals surface area contributed by atoms with E-state index in [2.05, 4.69) is 9.97 Å². The van der Waals surface area contributed by atoms with Gasteiger partial charge >= 0.3 is 5.97 Å². The maximum Gasteiger partial charge on any atom is 0.307 e. The lowest BCUT2D eigenvalue weighted by Crippen LogP contribution is -2.05. The number of fused-ring (bicyclic) bond motifs is 1. The molecule has 86 valence electrons. The van der Waals surface area contributed by atoms with Crippen molar-refractivity contribution in [1.29, 1.82) is 0 Å². The molecule has 0 unspecified atom stereocenters.